The minimum Gasteiger partial charge on any atom is -0.492 e. The fourth-order valence-electron chi connectivity index (χ4n) is 1.56. The number of aryl methyl sites for hydroxylation is 1. The highest BCUT2D eigenvalue weighted by Crippen LogP contribution is 2.28. The van der Waals surface area contributed by atoms with Crippen molar-refractivity contribution in [1.82, 2.24) is 0 Å². The van der Waals surface area contributed by atoms with Gasteiger partial charge in [0.1, 0.15) is 11.3 Å². The highest BCUT2D eigenvalue weighted by molar-refractivity contribution is 9.10. The van der Waals surface area contributed by atoms with E-state index in [1.807, 2.05) is 13.0 Å². The number of benzene rings is 1. The van der Waals surface area contributed by atoms with Crippen LogP contribution >= 0.6 is 15.9 Å². The molecule has 1 N–H and O–H groups in total. The lowest BCUT2D eigenvalue weighted by atomic mass is 10.1. The summed E-state index contributed by atoms with van der Waals surface area (Å²) in [6, 6.07) is 5.40. The molecule has 5 heteroatoms. The van der Waals surface area contributed by atoms with Gasteiger partial charge in [-0.05, 0) is 37.5 Å². The Kier molecular flexibility index (Phi) is 5.66. The van der Waals surface area contributed by atoms with Gasteiger partial charge < -0.3 is 9.84 Å². The van der Waals surface area contributed by atoms with Crippen molar-refractivity contribution in [3.8, 4) is 11.8 Å². The van der Waals surface area contributed by atoms with Crippen LogP contribution in [-0.2, 0) is 0 Å². The molecule has 1 rings (SSSR count). The third-order valence-corrected chi connectivity index (χ3v) is 2.86. The van der Waals surface area contributed by atoms with Gasteiger partial charge in [0, 0.05) is 10.9 Å². The number of halogens is 1. The van der Waals surface area contributed by atoms with Crippen molar-refractivity contribution in [3.05, 3.63) is 27.7 Å². The number of nitriles is 1. The van der Waals surface area contributed by atoms with Gasteiger partial charge in [0.2, 0.25) is 0 Å². The number of hydrogen-bond donors (Lipinski definition) is 1. The Labute approximate surface area is 114 Å². The first-order valence-corrected chi connectivity index (χ1v) is 6.38. The molecule has 4 nitrogen and oxygen atoms in total. The largest absolute Gasteiger partial charge is 0.492 e. The van der Waals surface area contributed by atoms with Crippen LogP contribution in [-0.4, -0.2) is 17.7 Å². The summed E-state index contributed by atoms with van der Waals surface area (Å²) in [7, 11) is 0. The Hall–Kier alpha value is -1.54. The Morgan fingerprint density at radius 2 is 2.22 bits per heavy atom. The topological polar surface area (TPSA) is 70.3 Å². The lowest BCUT2D eigenvalue weighted by Crippen LogP contribution is -2.06. The maximum absolute atomic E-state index is 11.1. The molecular formula is C13H14BrNO3. The molecule has 1 aromatic rings. The summed E-state index contributed by atoms with van der Waals surface area (Å²) in [4.78, 5) is 11.1. The predicted octanol–water partition coefficient (Wildman–Crippen LogP) is 3.53. The number of hydrogen-bond acceptors (Lipinski definition) is 3. The smallest absolute Gasteiger partial charge is 0.339 e. The normalized spacial score (nSPS) is 9.83. The van der Waals surface area contributed by atoms with Crippen LogP contribution in [0.5, 0.6) is 5.75 Å². The van der Waals surface area contributed by atoms with E-state index < -0.39 is 5.97 Å². The van der Waals surface area contributed by atoms with E-state index in [1.54, 1.807) is 0 Å². The summed E-state index contributed by atoms with van der Waals surface area (Å²) >= 11 is 3.26. The molecule has 18 heavy (non-hydrogen) atoms. The van der Waals surface area contributed by atoms with Crippen LogP contribution in [0.3, 0.4) is 0 Å². The van der Waals surface area contributed by atoms with Gasteiger partial charge in [-0.15, -0.1) is 0 Å². The van der Waals surface area contributed by atoms with Gasteiger partial charge in [0.05, 0.1) is 12.7 Å². The van der Waals surface area contributed by atoms with E-state index in [4.69, 9.17) is 15.1 Å². The molecule has 0 radical (unpaired) electrons. The molecule has 0 bridgehead atoms. The Morgan fingerprint density at radius 1 is 1.50 bits per heavy atom. The first-order valence-electron chi connectivity index (χ1n) is 5.59. The van der Waals surface area contributed by atoms with Crippen molar-refractivity contribution >= 4 is 21.9 Å². The molecule has 0 fully saturated rings. The van der Waals surface area contributed by atoms with Crippen LogP contribution < -0.4 is 4.74 Å². The molecule has 0 aliphatic rings. The molecule has 1 aromatic carbocycles. The Morgan fingerprint density at radius 3 is 2.83 bits per heavy atom. The van der Waals surface area contributed by atoms with Gasteiger partial charge in [-0.2, -0.15) is 5.26 Å². The summed E-state index contributed by atoms with van der Waals surface area (Å²) in [5.41, 5.74) is 0.934. The number of carboxylic acids is 1. The number of rotatable bonds is 6. The highest BCUT2D eigenvalue weighted by atomic mass is 79.9. The minimum atomic E-state index is -1.01. The van der Waals surface area contributed by atoms with Crippen LogP contribution in [0.25, 0.3) is 0 Å². The second kappa shape index (κ2) is 7.02. The maximum atomic E-state index is 11.1. The zero-order valence-corrected chi connectivity index (χ0v) is 11.7. The Bertz CT molecular complexity index is 480. The molecule has 0 saturated carbocycles. The summed E-state index contributed by atoms with van der Waals surface area (Å²) < 4.78 is 6.24. The zero-order chi connectivity index (χ0) is 13.5. The second-order valence-corrected chi connectivity index (χ2v) is 4.78. The quantitative estimate of drug-likeness (QED) is 0.816. The van der Waals surface area contributed by atoms with E-state index >= 15 is 0 Å². The van der Waals surface area contributed by atoms with Crippen LogP contribution in [0.15, 0.2) is 16.6 Å². The van der Waals surface area contributed by atoms with Gasteiger partial charge in [-0.3, -0.25) is 0 Å². The zero-order valence-electron chi connectivity index (χ0n) is 10.1. The molecule has 0 aliphatic heterocycles. The van der Waals surface area contributed by atoms with E-state index in [0.717, 1.165) is 18.4 Å². The molecule has 0 saturated heterocycles. The van der Waals surface area contributed by atoms with Crippen LogP contribution in [0, 0.1) is 18.3 Å². The molecule has 96 valence electrons. The van der Waals surface area contributed by atoms with Gasteiger partial charge in [0.15, 0.2) is 0 Å². The number of nitrogens with zero attached hydrogens (tertiary/aromatic N) is 1. The molecule has 0 amide bonds. The average molecular weight is 312 g/mol. The van der Waals surface area contributed by atoms with Crippen molar-refractivity contribution in [1.29, 1.82) is 5.26 Å². The molecule has 0 aliphatic carbocycles. The maximum Gasteiger partial charge on any atom is 0.339 e. The third kappa shape index (κ3) is 4.04. The standard InChI is InChI=1S/C13H14BrNO3/c1-9-7-10(14)8-11(13(16)17)12(9)18-6-4-2-3-5-15/h7-8H,2-4,6H2,1H3,(H,16,17). The second-order valence-electron chi connectivity index (χ2n) is 3.87. The summed E-state index contributed by atoms with van der Waals surface area (Å²) in [5, 5.41) is 17.5. The number of aromatic carboxylic acids is 1. The van der Waals surface area contributed by atoms with Crippen LogP contribution in [0.4, 0.5) is 0 Å². The molecule has 0 unspecified atom stereocenters. The van der Waals surface area contributed by atoms with E-state index in [0.29, 0.717) is 23.2 Å². The first-order chi connectivity index (χ1) is 8.56. The van der Waals surface area contributed by atoms with Crippen molar-refractivity contribution < 1.29 is 14.6 Å². The number of ether oxygens (including phenoxy) is 1. The first kappa shape index (κ1) is 14.5. The van der Waals surface area contributed by atoms with Crippen molar-refractivity contribution in [2.45, 2.75) is 26.2 Å². The average Bonchev–Trinajstić information content (AvgIpc) is 2.30. The van der Waals surface area contributed by atoms with Crippen LogP contribution in [0.1, 0.15) is 35.2 Å². The molecular weight excluding hydrogens is 298 g/mol. The third-order valence-electron chi connectivity index (χ3n) is 2.40. The predicted molar refractivity (Wildman–Crippen MR) is 70.8 cm³/mol. The lowest BCUT2D eigenvalue weighted by molar-refractivity contribution is 0.0692. The highest BCUT2D eigenvalue weighted by Gasteiger charge is 2.14. The fourth-order valence-corrected chi connectivity index (χ4v) is 2.13. The van der Waals surface area contributed by atoms with E-state index in [1.165, 1.54) is 6.07 Å². The molecule has 0 heterocycles. The van der Waals surface area contributed by atoms with Crippen LogP contribution in [0.2, 0.25) is 0 Å². The van der Waals surface area contributed by atoms with Crippen molar-refractivity contribution in [2.75, 3.05) is 6.61 Å². The van der Waals surface area contributed by atoms with Crippen molar-refractivity contribution in [3.63, 3.8) is 0 Å². The molecule has 0 spiro atoms. The van der Waals surface area contributed by atoms with Gasteiger partial charge in [0.25, 0.3) is 0 Å². The van der Waals surface area contributed by atoms with E-state index in [-0.39, 0.29) is 5.56 Å². The SMILES string of the molecule is Cc1cc(Br)cc(C(=O)O)c1OCCCCC#N. The summed E-state index contributed by atoms with van der Waals surface area (Å²) in [6.45, 7) is 2.23. The summed E-state index contributed by atoms with van der Waals surface area (Å²) in [6.07, 6.45) is 1.99. The van der Waals surface area contributed by atoms with Gasteiger partial charge in [-0.1, -0.05) is 15.9 Å². The van der Waals surface area contributed by atoms with E-state index in [2.05, 4.69) is 22.0 Å². The number of carbonyl (C=O) groups is 1. The van der Waals surface area contributed by atoms with E-state index in [9.17, 15) is 4.79 Å². The molecule has 0 atom stereocenters. The minimum absolute atomic E-state index is 0.155. The van der Waals surface area contributed by atoms with Gasteiger partial charge in [-0.25, -0.2) is 4.79 Å². The Balaban J connectivity index is 2.75. The number of unbranched alkanes of at least 4 members (excludes halogenated alkanes) is 2. The fraction of sp³-hybridized carbons (Fsp3) is 0.385. The van der Waals surface area contributed by atoms with Crippen molar-refractivity contribution in [2.24, 2.45) is 0 Å². The van der Waals surface area contributed by atoms with Gasteiger partial charge >= 0.3 is 5.97 Å². The number of carboxylic acid groups (broad SMARTS) is 1. The lowest BCUT2D eigenvalue weighted by Gasteiger charge is -2.12. The summed E-state index contributed by atoms with van der Waals surface area (Å²) in [5.74, 6) is -0.603. The monoisotopic (exact) mass is 311 g/mol. The molecule has 0 aromatic heterocycles.